The maximum Gasteiger partial charge on any atom is 0.0785 e. The molecule has 1 aliphatic rings. The van der Waals surface area contributed by atoms with Crippen LogP contribution in [0, 0.1) is 5.92 Å². The van der Waals surface area contributed by atoms with E-state index in [4.69, 9.17) is 11.6 Å². The van der Waals surface area contributed by atoms with Crippen molar-refractivity contribution in [2.24, 2.45) is 5.92 Å². The van der Waals surface area contributed by atoms with Gasteiger partial charge in [0.2, 0.25) is 0 Å². The molecule has 0 radical (unpaired) electrons. The lowest BCUT2D eigenvalue weighted by Crippen LogP contribution is -2.19. The fourth-order valence-corrected chi connectivity index (χ4v) is 2.52. The Morgan fingerprint density at radius 1 is 1.53 bits per heavy atom. The average Bonchev–Trinajstić information content (AvgIpc) is 2.77. The van der Waals surface area contributed by atoms with Gasteiger partial charge < -0.3 is 5.11 Å². The van der Waals surface area contributed by atoms with Crippen LogP contribution in [0.3, 0.4) is 0 Å². The van der Waals surface area contributed by atoms with Gasteiger partial charge in [0.15, 0.2) is 0 Å². The number of aliphatic hydroxyl groups is 1. The summed E-state index contributed by atoms with van der Waals surface area (Å²) >= 11 is 5.75. The topological polar surface area (TPSA) is 38.0 Å². The number of nitrogens with zero attached hydrogens (tertiary/aromatic N) is 2. The van der Waals surface area contributed by atoms with Gasteiger partial charge in [0.1, 0.15) is 0 Å². The summed E-state index contributed by atoms with van der Waals surface area (Å²) in [5.74, 6) is 0.714. The molecule has 84 valence electrons. The molecule has 0 amide bonds. The lowest BCUT2D eigenvalue weighted by Gasteiger charge is -2.15. The van der Waals surface area contributed by atoms with E-state index in [-0.39, 0.29) is 6.10 Å². The zero-order valence-electron chi connectivity index (χ0n) is 8.77. The molecule has 1 aromatic rings. The molecule has 1 atom stereocenters. The van der Waals surface area contributed by atoms with Crippen LogP contribution in [0.5, 0.6) is 0 Å². The zero-order valence-corrected chi connectivity index (χ0v) is 9.53. The van der Waals surface area contributed by atoms with Gasteiger partial charge >= 0.3 is 0 Å². The number of aromatic nitrogens is 2. The highest BCUT2D eigenvalue weighted by molar-refractivity contribution is 6.30. The molecule has 0 aromatic carbocycles. The second-order valence-corrected chi connectivity index (χ2v) is 4.86. The van der Waals surface area contributed by atoms with E-state index >= 15 is 0 Å². The summed E-state index contributed by atoms with van der Waals surface area (Å²) in [6, 6.07) is 0. The van der Waals surface area contributed by atoms with Gasteiger partial charge in [-0.1, -0.05) is 37.3 Å². The molecule has 0 aliphatic heterocycles. The fourth-order valence-electron chi connectivity index (χ4n) is 2.36. The van der Waals surface area contributed by atoms with Crippen LogP contribution in [0.2, 0.25) is 5.02 Å². The van der Waals surface area contributed by atoms with E-state index in [1.165, 1.54) is 25.7 Å². The minimum Gasteiger partial charge on any atom is -0.391 e. The summed E-state index contributed by atoms with van der Waals surface area (Å²) in [6.07, 6.45) is 9.16. The second-order valence-electron chi connectivity index (χ2n) is 4.42. The Hall–Kier alpha value is -0.540. The Balaban J connectivity index is 1.78. The summed E-state index contributed by atoms with van der Waals surface area (Å²) in [6.45, 7) is 0.559. The standard InChI is InChI=1S/C11H17ClN2O/c12-10-6-13-14(7-10)8-11(15)5-9-3-1-2-4-9/h6-7,9,11,15H,1-5,8H2. The molecule has 0 saturated heterocycles. The van der Waals surface area contributed by atoms with Crippen molar-refractivity contribution >= 4 is 11.6 Å². The first-order valence-corrected chi connectivity index (χ1v) is 5.98. The Bertz CT molecular complexity index is 307. The molecule has 1 N–H and O–H groups in total. The van der Waals surface area contributed by atoms with E-state index < -0.39 is 0 Å². The van der Waals surface area contributed by atoms with Crippen molar-refractivity contribution in [1.29, 1.82) is 0 Å². The summed E-state index contributed by atoms with van der Waals surface area (Å²) in [4.78, 5) is 0. The summed E-state index contributed by atoms with van der Waals surface area (Å²) in [5.41, 5.74) is 0. The first-order chi connectivity index (χ1) is 7.24. The van der Waals surface area contributed by atoms with Crippen molar-refractivity contribution in [3.8, 4) is 0 Å². The van der Waals surface area contributed by atoms with Gasteiger partial charge in [0.05, 0.1) is 23.9 Å². The van der Waals surface area contributed by atoms with Gasteiger partial charge in [0, 0.05) is 6.20 Å². The van der Waals surface area contributed by atoms with Gasteiger partial charge in [-0.15, -0.1) is 0 Å². The summed E-state index contributed by atoms with van der Waals surface area (Å²) in [5, 5.41) is 14.6. The lowest BCUT2D eigenvalue weighted by atomic mass is 10.0. The summed E-state index contributed by atoms with van der Waals surface area (Å²) < 4.78 is 1.71. The largest absolute Gasteiger partial charge is 0.391 e. The molecular formula is C11H17ClN2O. The molecule has 1 unspecified atom stereocenters. The van der Waals surface area contributed by atoms with Crippen molar-refractivity contribution in [2.45, 2.75) is 44.8 Å². The first-order valence-electron chi connectivity index (χ1n) is 5.60. The van der Waals surface area contributed by atoms with Gasteiger partial charge in [-0.2, -0.15) is 5.10 Å². The minimum atomic E-state index is -0.288. The highest BCUT2D eigenvalue weighted by Crippen LogP contribution is 2.28. The Kier molecular flexibility index (Phi) is 3.65. The number of hydrogen-bond acceptors (Lipinski definition) is 2. The molecule has 2 rings (SSSR count). The quantitative estimate of drug-likeness (QED) is 0.860. The Morgan fingerprint density at radius 3 is 2.87 bits per heavy atom. The zero-order chi connectivity index (χ0) is 10.7. The molecule has 3 nitrogen and oxygen atoms in total. The Morgan fingerprint density at radius 2 is 2.27 bits per heavy atom. The third-order valence-corrected chi connectivity index (χ3v) is 3.27. The first kappa shape index (κ1) is 11.0. The summed E-state index contributed by atoms with van der Waals surface area (Å²) in [7, 11) is 0. The molecule has 1 aromatic heterocycles. The highest BCUT2D eigenvalue weighted by atomic mass is 35.5. The van der Waals surface area contributed by atoms with Gasteiger partial charge in [-0.3, -0.25) is 4.68 Å². The molecular weight excluding hydrogens is 212 g/mol. The van der Waals surface area contributed by atoms with E-state index in [9.17, 15) is 5.11 Å². The van der Waals surface area contributed by atoms with Crippen molar-refractivity contribution in [1.82, 2.24) is 9.78 Å². The lowest BCUT2D eigenvalue weighted by molar-refractivity contribution is 0.120. The van der Waals surface area contributed by atoms with Crippen LogP contribution in [-0.4, -0.2) is 21.0 Å². The third kappa shape index (κ3) is 3.21. The van der Waals surface area contributed by atoms with Gasteiger partial charge in [-0.05, 0) is 12.3 Å². The van der Waals surface area contributed by atoms with Gasteiger partial charge in [-0.25, -0.2) is 0 Å². The smallest absolute Gasteiger partial charge is 0.0785 e. The highest BCUT2D eigenvalue weighted by Gasteiger charge is 2.19. The number of halogens is 1. The van der Waals surface area contributed by atoms with E-state index in [1.54, 1.807) is 17.1 Å². The normalized spacial score (nSPS) is 19.6. The Labute approximate surface area is 95.0 Å². The fraction of sp³-hybridized carbons (Fsp3) is 0.727. The van der Waals surface area contributed by atoms with Crippen LogP contribution in [0.4, 0.5) is 0 Å². The molecule has 1 fully saturated rings. The predicted octanol–water partition coefficient (Wildman–Crippen LogP) is 2.48. The van der Waals surface area contributed by atoms with Gasteiger partial charge in [0.25, 0.3) is 0 Å². The van der Waals surface area contributed by atoms with E-state index in [0.29, 0.717) is 17.5 Å². The van der Waals surface area contributed by atoms with E-state index in [0.717, 1.165) is 6.42 Å². The number of aliphatic hydroxyl groups excluding tert-OH is 1. The SMILES string of the molecule is OC(CC1CCCC1)Cn1cc(Cl)cn1. The third-order valence-electron chi connectivity index (χ3n) is 3.08. The molecule has 1 heterocycles. The molecule has 0 spiro atoms. The average molecular weight is 229 g/mol. The van der Waals surface area contributed by atoms with Crippen molar-refractivity contribution in [3.05, 3.63) is 17.4 Å². The number of hydrogen-bond donors (Lipinski definition) is 1. The monoisotopic (exact) mass is 228 g/mol. The molecule has 0 bridgehead atoms. The van der Waals surface area contributed by atoms with Crippen molar-refractivity contribution in [2.75, 3.05) is 0 Å². The molecule has 1 saturated carbocycles. The maximum absolute atomic E-state index is 9.87. The maximum atomic E-state index is 9.87. The second kappa shape index (κ2) is 4.99. The molecule has 1 aliphatic carbocycles. The van der Waals surface area contributed by atoms with Crippen LogP contribution in [0.15, 0.2) is 12.4 Å². The molecule has 4 heteroatoms. The van der Waals surface area contributed by atoms with Crippen molar-refractivity contribution in [3.63, 3.8) is 0 Å². The predicted molar refractivity (Wildman–Crippen MR) is 59.8 cm³/mol. The van der Waals surface area contributed by atoms with Crippen LogP contribution in [0.25, 0.3) is 0 Å². The van der Waals surface area contributed by atoms with Crippen LogP contribution >= 0.6 is 11.6 Å². The minimum absolute atomic E-state index is 0.288. The van der Waals surface area contributed by atoms with Crippen LogP contribution in [-0.2, 0) is 6.54 Å². The van der Waals surface area contributed by atoms with Crippen LogP contribution in [0.1, 0.15) is 32.1 Å². The number of rotatable bonds is 4. The van der Waals surface area contributed by atoms with E-state index in [2.05, 4.69) is 5.10 Å². The van der Waals surface area contributed by atoms with E-state index in [1.807, 2.05) is 0 Å². The van der Waals surface area contributed by atoms with Crippen molar-refractivity contribution < 1.29 is 5.11 Å². The molecule has 15 heavy (non-hydrogen) atoms. The van der Waals surface area contributed by atoms with Crippen LogP contribution < -0.4 is 0 Å².